The van der Waals surface area contributed by atoms with Crippen molar-refractivity contribution in [3.63, 3.8) is 0 Å². The van der Waals surface area contributed by atoms with Crippen molar-refractivity contribution in [3.05, 3.63) is 53.9 Å². The molecule has 0 unspecified atom stereocenters. The quantitative estimate of drug-likeness (QED) is 0.875. The van der Waals surface area contributed by atoms with Crippen LogP contribution in [0.15, 0.2) is 42.7 Å². The number of aromatic nitrogens is 1. The summed E-state index contributed by atoms with van der Waals surface area (Å²) in [5.74, 6) is -0.240. The molecule has 0 spiro atoms. The normalized spacial score (nSPS) is 11.1. The second kappa shape index (κ2) is 7.13. The van der Waals surface area contributed by atoms with Crippen LogP contribution in [0.2, 0.25) is 0 Å². The van der Waals surface area contributed by atoms with Gasteiger partial charge in [0.2, 0.25) is 0 Å². The molecule has 0 saturated heterocycles. The molecule has 4 nitrogen and oxygen atoms in total. The second-order valence-corrected chi connectivity index (χ2v) is 4.92. The largest absolute Gasteiger partial charge is 0.416 e. The van der Waals surface area contributed by atoms with Gasteiger partial charge in [-0.25, -0.2) is 0 Å². The van der Waals surface area contributed by atoms with Crippen LogP contribution in [0.1, 0.15) is 29.3 Å². The highest BCUT2D eigenvalue weighted by Crippen LogP contribution is 2.30. The Morgan fingerprint density at radius 3 is 2.43 bits per heavy atom. The number of hydrogen-bond acceptors (Lipinski definition) is 3. The van der Waals surface area contributed by atoms with Crippen LogP contribution in [0, 0.1) is 0 Å². The third-order valence-electron chi connectivity index (χ3n) is 3.04. The Hall–Kier alpha value is -2.57. The number of carbonyl (C=O) groups is 1. The highest BCUT2D eigenvalue weighted by Gasteiger charge is 2.29. The Labute approximate surface area is 131 Å². The van der Waals surface area contributed by atoms with Crippen LogP contribution in [-0.2, 0) is 6.18 Å². The van der Waals surface area contributed by atoms with Gasteiger partial charge in [-0.2, -0.15) is 13.2 Å². The molecule has 2 N–H and O–H groups in total. The fourth-order valence-electron chi connectivity index (χ4n) is 1.88. The van der Waals surface area contributed by atoms with Crippen molar-refractivity contribution in [3.8, 4) is 0 Å². The topological polar surface area (TPSA) is 54.0 Å². The van der Waals surface area contributed by atoms with E-state index in [1.807, 2.05) is 6.92 Å². The highest BCUT2D eigenvalue weighted by molar-refractivity contribution is 5.94. The van der Waals surface area contributed by atoms with Gasteiger partial charge in [0.25, 0.3) is 5.91 Å². The molecular formula is C16H16F3N3O. The number of nitrogens with zero attached hydrogens (tertiary/aromatic N) is 1. The molecule has 2 aromatic rings. The zero-order valence-electron chi connectivity index (χ0n) is 12.4. The van der Waals surface area contributed by atoms with Gasteiger partial charge in [-0.05, 0) is 36.8 Å². The molecule has 0 fully saturated rings. The molecule has 0 aliphatic heterocycles. The van der Waals surface area contributed by atoms with Crippen molar-refractivity contribution in [1.82, 2.24) is 10.3 Å². The van der Waals surface area contributed by atoms with Crippen LogP contribution in [0.3, 0.4) is 0 Å². The van der Waals surface area contributed by atoms with Gasteiger partial charge in [-0.3, -0.25) is 9.78 Å². The van der Waals surface area contributed by atoms with Crippen LogP contribution in [0.5, 0.6) is 0 Å². The first-order chi connectivity index (χ1) is 10.9. The van der Waals surface area contributed by atoms with E-state index in [9.17, 15) is 18.0 Å². The molecule has 1 heterocycles. The molecule has 0 aliphatic rings. The molecule has 0 saturated carbocycles. The lowest BCUT2D eigenvalue weighted by Crippen LogP contribution is -2.24. The molecule has 1 amide bonds. The van der Waals surface area contributed by atoms with E-state index >= 15 is 0 Å². The van der Waals surface area contributed by atoms with Crippen molar-refractivity contribution in [1.29, 1.82) is 0 Å². The minimum Gasteiger partial charge on any atom is -0.354 e. The summed E-state index contributed by atoms with van der Waals surface area (Å²) < 4.78 is 37.5. The lowest BCUT2D eigenvalue weighted by Gasteiger charge is -2.10. The average molecular weight is 323 g/mol. The SMILES string of the molecule is CCCNC(=O)c1cncc(Nc2ccc(C(F)(F)F)cc2)c1. The summed E-state index contributed by atoms with van der Waals surface area (Å²) in [6, 6.07) is 6.23. The van der Waals surface area contributed by atoms with Gasteiger partial charge < -0.3 is 10.6 Å². The summed E-state index contributed by atoms with van der Waals surface area (Å²) in [6.07, 6.45) is -0.614. The van der Waals surface area contributed by atoms with Crippen molar-refractivity contribution >= 4 is 17.3 Å². The summed E-state index contributed by atoms with van der Waals surface area (Å²) >= 11 is 0. The lowest BCUT2D eigenvalue weighted by atomic mass is 10.2. The van der Waals surface area contributed by atoms with E-state index in [1.165, 1.54) is 24.5 Å². The lowest BCUT2D eigenvalue weighted by molar-refractivity contribution is -0.137. The fourth-order valence-corrected chi connectivity index (χ4v) is 1.88. The molecule has 0 aliphatic carbocycles. The number of hydrogen-bond donors (Lipinski definition) is 2. The predicted octanol–water partition coefficient (Wildman–Crippen LogP) is 3.98. The molecule has 2 rings (SSSR count). The van der Waals surface area contributed by atoms with E-state index in [1.54, 1.807) is 6.07 Å². The van der Waals surface area contributed by atoms with Crippen molar-refractivity contribution in [2.75, 3.05) is 11.9 Å². The minimum absolute atomic E-state index is 0.240. The standard InChI is InChI=1S/C16H16F3N3O/c1-2-7-21-15(23)11-8-14(10-20-9-11)22-13-5-3-12(4-6-13)16(17,18)19/h3-6,8-10,22H,2,7H2,1H3,(H,21,23). The first kappa shape index (κ1) is 16.8. The number of carbonyl (C=O) groups excluding carboxylic acids is 1. The summed E-state index contributed by atoms with van der Waals surface area (Å²) in [6.45, 7) is 2.51. The monoisotopic (exact) mass is 323 g/mol. The van der Waals surface area contributed by atoms with Gasteiger partial charge in [-0.15, -0.1) is 0 Å². The Kier molecular flexibility index (Phi) is 5.20. The van der Waals surface area contributed by atoms with E-state index in [4.69, 9.17) is 0 Å². The van der Waals surface area contributed by atoms with Crippen molar-refractivity contribution in [2.24, 2.45) is 0 Å². The third-order valence-corrected chi connectivity index (χ3v) is 3.04. The smallest absolute Gasteiger partial charge is 0.354 e. The zero-order valence-corrected chi connectivity index (χ0v) is 12.4. The minimum atomic E-state index is -4.36. The zero-order chi connectivity index (χ0) is 16.9. The summed E-state index contributed by atoms with van der Waals surface area (Å²) in [5.41, 5.74) is 0.670. The molecule has 0 bridgehead atoms. The highest BCUT2D eigenvalue weighted by atomic mass is 19.4. The maximum Gasteiger partial charge on any atom is 0.416 e. The van der Waals surface area contributed by atoms with Crippen LogP contribution >= 0.6 is 0 Å². The number of pyridine rings is 1. The van der Waals surface area contributed by atoms with Crippen molar-refractivity contribution in [2.45, 2.75) is 19.5 Å². The second-order valence-electron chi connectivity index (χ2n) is 4.92. The molecule has 1 aromatic heterocycles. The molecule has 0 radical (unpaired) electrons. The molecular weight excluding hydrogens is 307 g/mol. The number of benzene rings is 1. The van der Waals surface area contributed by atoms with E-state index in [2.05, 4.69) is 15.6 Å². The molecule has 1 aromatic carbocycles. The van der Waals surface area contributed by atoms with Gasteiger partial charge in [0.15, 0.2) is 0 Å². The van der Waals surface area contributed by atoms with Gasteiger partial charge in [0.05, 0.1) is 23.0 Å². The molecule has 122 valence electrons. The van der Waals surface area contributed by atoms with Gasteiger partial charge in [0, 0.05) is 18.4 Å². The van der Waals surface area contributed by atoms with E-state index in [0.29, 0.717) is 23.5 Å². The predicted molar refractivity (Wildman–Crippen MR) is 81.6 cm³/mol. The third kappa shape index (κ3) is 4.70. The number of rotatable bonds is 5. The number of halogens is 3. The summed E-state index contributed by atoms with van der Waals surface area (Å²) in [7, 11) is 0. The Balaban J connectivity index is 2.10. The number of anilines is 2. The van der Waals surface area contributed by atoms with E-state index < -0.39 is 11.7 Å². The molecule has 7 heteroatoms. The Morgan fingerprint density at radius 2 is 1.83 bits per heavy atom. The van der Waals surface area contributed by atoms with Crippen LogP contribution in [-0.4, -0.2) is 17.4 Å². The van der Waals surface area contributed by atoms with Crippen LogP contribution in [0.4, 0.5) is 24.5 Å². The molecule has 0 atom stereocenters. The van der Waals surface area contributed by atoms with Crippen LogP contribution < -0.4 is 10.6 Å². The van der Waals surface area contributed by atoms with E-state index in [-0.39, 0.29) is 5.91 Å². The first-order valence-electron chi connectivity index (χ1n) is 7.07. The van der Waals surface area contributed by atoms with Gasteiger partial charge in [-0.1, -0.05) is 6.92 Å². The maximum atomic E-state index is 12.5. The van der Waals surface area contributed by atoms with Crippen LogP contribution in [0.25, 0.3) is 0 Å². The number of nitrogens with one attached hydrogen (secondary N) is 2. The van der Waals surface area contributed by atoms with Crippen molar-refractivity contribution < 1.29 is 18.0 Å². The first-order valence-corrected chi connectivity index (χ1v) is 7.07. The Morgan fingerprint density at radius 1 is 1.13 bits per heavy atom. The van der Waals surface area contributed by atoms with Gasteiger partial charge >= 0.3 is 6.18 Å². The molecule has 23 heavy (non-hydrogen) atoms. The van der Waals surface area contributed by atoms with Gasteiger partial charge in [0.1, 0.15) is 0 Å². The summed E-state index contributed by atoms with van der Waals surface area (Å²) in [5, 5.41) is 5.66. The van der Waals surface area contributed by atoms with E-state index in [0.717, 1.165) is 18.6 Å². The number of alkyl halides is 3. The maximum absolute atomic E-state index is 12.5. The fraction of sp³-hybridized carbons (Fsp3) is 0.250. The summed E-state index contributed by atoms with van der Waals surface area (Å²) in [4.78, 5) is 15.8. The Bertz CT molecular complexity index is 669. The average Bonchev–Trinajstić information content (AvgIpc) is 2.52. The number of amides is 1.